The minimum atomic E-state index is -0.703. The van der Waals surface area contributed by atoms with Crippen LogP contribution in [0.3, 0.4) is 0 Å². The maximum atomic E-state index is 12.6. The summed E-state index contributed by atoms with van der Waals surface area (Å²) in [5.41, 5.74) is 3.77. The highest BCUT2D eigenvalue weighted by Crippen LogP contribution is 2.14. The molecule has 0 atom stereocenters. The van der Waals surface area contributed by atoms with Crippen LogP contribution >= 0.6 is 0 Å². The van der Waals surface area contributed by atoms with Gasteiger partial charge in [-0.3, -0.25) is 30.0 Å². The molecule has 0 radical (unpaired) electrons. The molecule has 2 aromatic heterocycles. The van der Waals surface area contributed by atoms with Crippen molar-refractivity contribution in [3.05, 3.63) is 68.5 Å². The molecule has 0 saturated carbocycles. The van der Waals surface area contributed by atoms with Gasteiger partial charge in [-0.2, -0.15) is 10.2 Å². The fourth-order valence-electron chi connectivity index (χ4n) is 2.58. The average molecular weight is 382 g/mol. The number of hydrogen-bond donors (Lipinski definition) is 2. The summed E-state index contributed by atoms with van der Waals surface area (Å²) in [7, 11) is 1.41. The number of rotatable bonds is 3. The molecule has 3 rings (SSSR count). The van der Waals surface area contributed by atoms with Crippen molar-refractivity contribution in [1.29, 1.82) is 0 Å². The van der Waals surface area contributed by atoms with E-state index in [0.29, 0.717) is 10.8 Å². The summed E-state index contributed by atoms with van der Waals surface area (Å²) in [6.07, 6.45) is 0. The Morgan fingerprint density at radius 2 is 1.57 bits per heavy atom. The number of nitrogens with one attached hydrogen (secondary N) is 2. The molecule has 0 aliphatic rings. The Balaban J connectivity index is 1.90. The quantitative estimate of drug-likeness (QED) is 0.621. The van der Waals surface area contributed by atoms with E-state index in [0.717, 1.165) is 4.68 Å². The van der Waals surface area contributed by atoms with Gasteiger partial charge in [-0.25, -0.2) is 9.36 Å². The molecule has 3 aromatic rings. The first-order chi connectivity index (χ1) is 13.3. The van der Waals surface area contributed by atoms with Gasteiger partial charge in [0.15, 0.2) is 11.4 Å². The van der Waals surface area contributed by atoms with Gasteiger partial charge in [-0.15, -0.1) is 0 Å². The summed E-state index contributed by atoms with van der Waals surface area (Å²) in [4.78, 5) is 48.6. The molecule has 2 heterocycles. The highest BCUT2D eigenvalue weighted by molar-refractivity contribution is 6.05. The zero-order chi connectivity index (χ0) is 20.4. The third-order valence-electron chi connectivity index (χ3n) is 4.02. The fourth-order valence-corrected chi connectivity index (χ4v) is 2.58. The number of benzene rings is 1. The monoisotopic (exact) mass is 382 g/mol. The van der Waals surface area contributed by atoms with Crippen molar-refractivity contribution < 1.29 is 9.59 Å². The van der Waals surface area contributed by atoms with E-state index in [1.165, 1.54) is 23.9 Å². The molecule has 2 N–H and O–H groups in total. The second-order valence-corrected chi connectivity index (χ2v) is 6.33. The third-order valence-corrected chi connectivity index (χ3v) is 4.02. The van der Waals surface area contributed by atoms with E-state index < -0.39 is 11.8 Å². The molecule has 28 heavy (non-hydrogen) atoms. The van der Waals surface area contributed by atoms with Crippen LogP contribution in [-0.2, 0) is 7.05 Å². The first kappa shape index (κ1) is 19.0. The van der Waals surface area contributed by atoms with Crippen molar-refractivity contribution in [1.82, 2.24) is 30.4 Å². The van der Waals surface area contributed by atoms with E-state index in [2.05, 4.69) is 21.0 Å². The van der Waals surface area contributed by atoms with Crippen molar-refractivity contribution in [2.24, 2.45) is 7.05 Å². The molecule has 0 fully saturated rings. The van der Waals surface area contributed by atoms with Gasteiger partial charge >= 0.3 is 0 Å². The van der Waals surface area contributed by atoms with Gasteiger partial charge in [0.2, 0.25) is 0 Å². The van der Waals surface area contributed by atoms with Crippen LogP contribution in [-0.4, -0.2) is 31.4 Å². The average Bonchev–Trinajstić information content (AvgIpc) is 2.68. The summed E-state index contributed by atoms with van der Waals surface area (Å²) >= 11 is 0. The van der Waals surface area contributed by atoms with Crippen LogP contribution in [0, 0.1) is 0 Å². The predicted octanol–water partition coefficient (Wildman–Crippen LogP) is 0.146. The summed E-state index contributed by atoms with van der Waals surface area (Å²) in [5, 5.41) is 8.68. The lowest BCUT2D eigenvalue weighted by Gasteiger charge is -2.13. The van der Waals surface area contributed by atoms with Crippen molar-refractivity contribution in [3.63, 3.8) is 0 Å². The predicted molar refractivity (Wildman–Crippen MR) is 101 cm³/mol. The molecule has 0 aliphatic heterocycles. The number of carbonyl (C=O) groups excluding carboxylic acids is 2. The van der Waals surface area contributed by atoms with E-state index in [1.807, 2.05) is 0 Å². The van der Waals surface area contributed by atoms with Crippen LogP contribution in [0.15, 0.2) is 46.0 Å². The number of hydrazine groups is 1. The van der Waals surface area contributed by atoms with Crippen molar-refractivity contribution in [2.75, 3.05) is 0 Å². The molecular weight excluding hydrogens is 364 g/mol. The van der Waals surface area contributed by atoms with Gasteiger partial charge in [0, 0.05) is 18.5 Å². The molecule has 2 amide bonds. The molecule has 10 nitrogen and oxygen atoms in total. The van der Waals surface area contributed by atoms with Crippen LogP contribution in [0.25, 0.3) is 10.8 Å². The first-order valence-corrected chi connectivity index (χ1v) is 8.46. The van der Waals surface area contributed by atoms with E-state index in [9.17, 15) is 19.2 Å². The second-order valence-electron chi connectivity index (χ2n) is 6.33. The number of aryl methyl sites for hydroxylation is 1. The second kappa shape index (κ2) is 7.43. The van der Waals surface area contributed by atoms with Gasteiger partial charge < -0.3 is 0 Å². The molecular formula is C18H18N6O4. The fraction of sp³-hybridized carbons (Fsp3) is 0.222. The van der Waals surface area contributed by atoms with Crippen LogP contribution in [0.2, 0.25) is 0 Å². The number of nitrogens with zero attached hydrogens (tertiary/aromatic N) is 4. The molecule has 0 unspecified atom stereocenters. The normalized spacial score (nSPS) is 10.9. The molecule has 144 valence electrons. The topological polar surface area (TPSA) is 128 Å². The van der Waals surface area contributed by atoms with Crippen LogP contribution in [0.5, 0.6) is 0 Å². The Kier molecular flexibility index (Phi) is 5.03. The zero-order valence-corrected chi connectivity index (χ0v) is 15.5. The lowest BCUT2D eigenvalue weighted by Crippen LogP contribution is -2.43. The number of aromatic nitrogens is 4. The SMILES string of the molecule is CC(C)n1nc(C(=O)NNC(=O)c2ccc(=O)n(C)n2)c2ccccc2c1=O. The zero-order valence-electron chi connectivity index (χ0n) is 15.5. The van der Waals surface area contributed by atoms with E-state index in [4.69, 9.17) is 0 Å². The van der Waals surface area contributed by atoms with Gasteiger partial charge in [-0.05, 0) is 26.0 Å². The van der Waals surface area contributed by atoms with Crippen molar-refractivity contribution in [3.8, 4) is 0 Å². The number of carbonyl (C=O) groups is 2. The lowest BCUT2D eigenvalue weighted by atomic mass is 10.1. The lowest BCUT2D eigenvalue weighted by molar-refractivity contribution is 0.0839. The Morgan fingerprint density at radius 3 is 2.21 bits per heavy atom. The Labute approximate surface area is 158 Å². The number of amides is 2. The van der Waals surface area contributed by atoms with Gasteiger partial charge in [-0.1, -0.05) is 18.2 Å². The third kappa shape index (κ3) is 3.52. The van der Waals surface area contributed by atoms with Crippen molar-refractivity contribution in [2.45, 2.75) is 19.9 Å². The highest BCUT2D eigenvalue weighted by atomic mass is 16.2. The van der Waals surface area contributed by atoms with E-state index in [-0.39, 0.29) is 28.5 Å². The Bertz CT molecular complexity index is 1190. The Hall–Kier alpha value is -3.82. The van der Waals surface area contributed by atoms with Crippen LogP contribution in [0.1, 0.15) is 40.9 Å². The largest absolute Gasteiger partial charge is 0.290 e. The van der Waals surface area contributed by atoms with Crippen LogP contribution in [0.4, 0.5) is 0 Å². The molecule has 0 spiro atoms. The highest BCUT2D eigenvalue weighted by Gasteiger charge is 2.19. The summed E-state index contributed by atoms with van der Waals surface area (Å²) in [6.45, 7) is 3.55. The maximum Gasteiger partial charge on any atom is 0.290 e. The number of fused-ring (bicyclic) bond motifs is 1. The van der Waals surface area contributed by atoms with Gasteiger partial charge in [0.25, 0.3) is 22.9 Å². The first-order valence-electron chi connectivity index (χ1n) is 8.46. The standard InChI is InChI=1S/C18H18N6O4/c1-10(2)24-18(28)12-7-5-4-6-11(12)15(22-24)17(27)20-19-16(26)13-8-9-14(25)23(3)21-13/h4-10H,1-3H3,(H,19,26)(H,20,27). The van der Waals surface area contributed by atoms with E-state index in [1.54, 1.807) is 38.1 Å². The van der Waals surface area contributed by atoms with Gasteiger partial charge in [0.1, 0.15) is 0 Å². The molecule has 0 saturated heterocycles. The van der Waals surface area contributed by atoms with Crippen LogP contribution < -0.4 is 22.0 Å². The Morgan fingerprint density at radius 1 is 0.929 bits per heavy atom. The minimum Gasteiger partial charge on any atom is -0.268 e. The van der Waals surface area contributed by atoms with Crippen molar-refractivity contribution >= 4 is 22.6 Å². The number of hydrogen-bond acceptors (Lipinski definition) is 6. The molecule has 0 aliphatic carbocycles. The molecule has 10 heteroatoms. The summed E-state index contributed by atoms with van der Waals surface area (Å²) in [6, 6.07) is 8.79. The smallest absolute Gasteiger partial charge is 0.268 e. The van der Waals surface area contributed by atoms with Gasteiger partial charge in [0.05, 0.1) is 11.4 Å². The summed E-state index contributed by atoms with van der Waals surface area (Å²) < 4.78 is 2.22. The maximum absolute atomic E-state index is 12.6. The summed E-state index contributed by atoms with van der Waals surface area (Å²) in [5.74, 6) is -1.39. The molecule has 0 bridgehead atoms. The minimum absolute atomic E-state index is 0.00220. The van der Waals surface area contributed by atoms with E-state index >= 15 is 0 Å². The molecule has 1 aromatic carbocycles.